The monoisotopic (exact) mass is 453 g/mol. The van der Waals surface area contributed by atoms with Crippen LogP contribution in [0, 0.1) is 18.8 Å². The van der Waals surface area contributed by atoms with E-state index < -0.39 is 0 Å². The lowest BCUT2D eigenvalue weighted by Crippen LogP contribution is -2.56. The van der Waals surface area contributed by atoms with Crippen LogP contribution < -0.4 is 10.6 Å². The first-order valence-corrected chi connectivity index (χ1v) is 13.0. The van der Waals surface area contributed by atoms with Crippen LogP contribution in [-0.4, -0.2) is 47.8 Å². The molecule has 1 aliphatic heterocycles. The predicted octanol–water partition coefficient (Wildman–Crippen LogP) is 3.97. The van der Waals surface area contributed by atoms with Gasteiger partial charge in [-0.2, -0.15) is 0 Å². The summed E-state index contributed by atoms with van der Waals surface area (Å²) in [5.74, 6) is 0.230. The van der Waals surface area contributed by atoms with Crippen LogP contribution in [0.5, 0.6) is 0 Å². The molecule has 1 unspecified atom stereocenters. The number of aryl methyl sites for hydroxylation is 1. The van der Waals surface area contributed by atoms with Crippen molar-refractivity contribution in [2.45, 2.75) is 89.6 Å². The predicted molar refractivity (Wildman–Crippen MR) is 129 cm³/mol. The van der Waals surface area contributed by atoms with Crippen LogP contribution in [0.15, 0.2) is 24.3 Å². The molecule has 2 aliphatic carbocycles. The smallest absolute Gasteiger partial charge is 0.251 e. The van der Waals surface area contributed by atoms with Crippen molar-refractivity contribution in [3.8, 4) is 0 Å². The van der Waals surface area contributed by atoms with Crippen LogP contribution in [-0.2, 0) is 9.59 Å². The highest BCUT2D eigenvalue weighted by molar-refractivity contribution is 5.95. The summed E-state index contributed by atoms with van der Waals surface area (Å²) in [5, 5.41) is 6.44. The maximum Gasteiger partial charge on any atom is 0.251 e. The number of nitrogens with zero attached hydrogens (tertiary/aromatic N) is 1. The van der Waals surface area contributed by atoms with Gasteiger partial charge in [0, 0.05) is 36.7 Å². The third kappa shape index (κ3) is 5.96. The normalized spacial score (nSPS) is 26.5. The molecule has 6 nitrogen and oxygen atoms in total. The van der Waals surface area contributed by atoms with Crippen molar-refractivity contribution in [2.75, 3.05) is 13.1 Å². The van der Waals surface area contributed by atoms with Gasteiger partial charge in [0.1, 0.15) is 0 Å². The molecule has 2 saturated carbocycles. The summed E-state index contributed by atoms with van der Waals surface area (Å²) in [6, 6.07) is 7.50. The molecule has 0 radical (unpaired) electrons. The van der Waals surface area contributed by atoms with Crippen LogP contribution in [0.25, 0.3) is 0 Å². The van der Waals surface area contributed by atoms with Crippen molar-refractivity contribution in [3.05, 3.63) is 35.4 Å². The van der Waals surface area contributed by atoms with Crippen LogP contribution in [0.3, 0.4) is 0 Å². The maximum absolute atomic E-state index is 13.2. The number of piperidine rings is 1. The van der Waals surface area contributed by atoms with Gasteiger partial charge < -0.3 is 15.5 Å². The van der Waals surface area contributed by atoms with Gasteiger partial charge in [0.15, 0.2) is 0 Å². The topological polar surface area (TPSA) is 78.5 Å². The van der Waals surface area contributed by atoms with Crippen molar-refractivity contribution in [2.24, 2.45) is 11.8 Å². The summed E-state index contributed by atoms with van der Waals surface area (Å²) < 4.78 is 0. The molecule has 3 amide bonds. The number of hydrogen-bond donors (Lipinski definition) is 2. The Bertz CT molecular complexity index is 849. The summed E-state index contributed by atoms with van der Waals surface area (Å²) in [7, 11) is 0. The Kier molecular flexibility index (Phi) is 8.05. The largest absolute Gasteiger partial charge is 0.351 e. The zero-order valence-corrected chi connectivity index (χ0v) is 20.0. The Balaban J connectivity index is 1.34. The van der Waals surface area contributed by atoms with Gasteiger partial charge in [-0.1, -0.05) is 50.3 Å². The molecule has 1 saturated heterocycles. The summed E-state index contributed by atoms with van der Waals surface area (Å²) in [5.41, 5.74) is 1.65. The van der Waals surface area contributed by atoms with E-state index in [-0.39, 0.29) is 41.6 Å². The van der Waals surface area contributed by atoms with Crippen LogP contribution in [0.2, 0.25) is 0 Å². The molecular weight excluding hydrogens is 414 g/mol. The van der Waals surface area contributed by atoms with E-state index >= 15 is 0 Å². The van der Waals surface area contributed by atoms with Gasteiger partial charge in [0.05, 0.1) is 5.92 Å². The quantitative estimate of drug-likeness (QED) is 0.708. The van der Waals surface area contributed by atoms with Gasteiger partial charge in [-0.15, -0.1) is 0 Å². The average molecular weight is 454 g/mol. The average Bonchev–Trinajstić information content (AvgIpc) is 2.85. The summed E-state index contributed by atoms with van der Waals surface area (Å²) in [6.07, 6.45) is 11.1. The Morgan fingerprint density at radius 2 is 1.42 bits per heavy atom. The molecule has 0 bridgehead atoms. The van der Waals surface area contributed by atoms with E-state index in [0.717, 1.165) is 76.3 Å². The number of likely N-dealkylation sites (tertiary alicyclic amines) is 1. The lowest BCUT2D eigenvalue weighted by Gasteiger charge is -2.37. The Labute approximate surface area is 197 Å². The van der Waals surface area contributed by atoms with Crippen molar-refractivity contribution < 1.29 is 14.4 Å². The number of carbonyl (C=O) groups is 3. The highest BCUT2D eigenvalue weighted by Crippen LogP contribution is 2.28. The van der Waals surface area contributed by atoms with Gasteiger partial charge in [-0.05, 0) is 57.1 Å². The van der Waals surface area contributed by atoms with Crippen molar-refractivity contribution in [1.82, 2.24) is 15.5 Å². The third-order valence-corrected chi connectivity index (χ3v) is 7.86. The maximum atomic E-state index is 13.2. The van der Waals surface area contributed by atoms with E-state index in [0.29, 0.717) is 12.1 Å². The molecule has 1 heterocycles. The summed E-state index contributed by atoms with van der Waals surface area (Å²) >= 11 is 0. The molecule has 1 aromatic rings. The molecule has 1 aromatic carbocycles. The molecule has 6 heteroatoms. The second kappa shape index (κ2) is 11.2. The summed E-state index contributed by atoms with van der Waals surface area (Å²) in [4.78, 5) is 41.0. The first-order valence-electron chi connectivity index (χ1n) is 13.0. The number of nitrogens with one attached hydrogen (secondary N) is 2. The van der Waals surface area contributed by atoms with Gasteiger partial charge in [-0.3, -0.25) is 14.4 Å². The van der Waals surface area contributed by atoms with Gasteiger partial charge >= 0.3 is 0 Å². The number of amides is 3. The molecule has 0 aromatic heterocycles. The molecule has 180 valence electrons. The molecule has 3 aliphatic rings. The number of carbonyl (C=O) groups excluding carboxylic acids is 3. The minimum Gasteiger partial charge on any atom is -0.351 e. The fourth-order valence-electron chi connectivity index (χ4n) is 5.85. The Hall–Kier alpha value is -2.37. The van der Waals surface area contributed by atoms with E-state index in [1.54, 1.807) is 0 Å². The van der Waals surface area contributed by atoms with Crippen molar-refractivity contribution in [3.63, 3.8) is 0 Å². The SMILES string of the molecule is Cc1ccccc1C(=O)N[C@@H]1CCCC[C@H]1NC(=O)C1CCCN(C(=O)C2CCCCC2)C1. The molecule has 2 N–H and O–H groups in total. The fourth-order valence-corrected chi connectivity index (χ4v) is 5.85. The van der Waals surface area contributed by atoms with E-state index in [1.165, 1.54) is 6.42 Å². The van der Waals surface area contributed by atoms with E-state index in [4.69, 9.17) is 0 Å². The van der Waals surface area contributed by atoms with Gasteiger partial charge in [-0.25, -0.2) is 0 Å². The number of benzene rings is 1. The van der Waals surface area contributed by atoms with E-state index in [9.17, 15) is 14.4 Å². The van der Waals surface area contributed by atoms with Gasteiger partial charge in [0.2, 0.25) is 11.8 Å². The van der Waals surface area contributed by atoms with E-state index in [2.05, 4.69) is 10.6 Å². The van der Waals surface area contributed by atoms with Gasteiger partial charge in [0.25, 0.3) is 5.91 Å². The molecule has 0 spiro atoms. The highest BCUT2D eigenvalue weighted by Gasteiger charge is 2.35. The standard InChI is InChI=1S/C27H39N3O3/c1-19-10-5-6-14-22(19)26(32)29-24-16-8-7-15-23(24)28-25(31)21-13-9-17-30(18-21)27(33)20-11-3-2-4-12-20/h5-6,10,14,20-21,23-24H,2-4,7-9,11-13,15-18H2,1H3,(H,28,31)(H,29,32)/t21?,23-,24-/m1/s1. The molecule has 33 heavy (non-hydrogen) atoms. The first kappa shape index (κ1) is 23.8. The lowest BCUT2D eigenvalue weighted by atomic mass is 9.86. The van der Waals surface area contributed by atoms with E-state index in [1.807, 2.05) is 36.1 Å². The second-order valence-electron chi connectivity index (χ2n) is 10.3. The second-order valence-corrected chi connectivity index (χ2v) is 10.3. The van der Waals surface area contributed by atoms with Crippen molar-refractivity contribution >= 4 is 17.7 Å². The minimum atomic E-state index is -0.152. The third-order valence-electron chi connectivity index (χ3n) is 7.86. The molecule has 4 rings (SSSR count). The van der Waals surface area contributed by atoms with Crippen LogP contribution >= 0.6 is 0 Å². The molecule has 3 fully saturated rings. The minimum absolute atomic E-state index is 0.0400. The van der Waals surface area contributed by atoms with Crippen LogP contribution in [0.1, 0.15) is 86.6 Å². The zero-order valence-electron chi connectivity index (χ0n) is 20.0. The zero-order chi connectivity index (χ0) is 23.2. The lowest BCUT2D eigenvalue weighted by molar-refractivity contribution is -0.140. The molecular formula is C27H39N3O3. The highest BCUT2D eigenvalue weighted by atomic mass is 16.2. The number of rotatable bonds is 5. The fraction of sp³-hybridized carbons (Fsp3) is 0.667. The van der Waals surface area contributed by atoms with Crippen molar-refractivity contribution in [1.29, 1.82) is 0 Å². The Morgan fingerprint density at radius 3 is 2.15 bits per heavy atom. The number of hydrogen-bond acceptors (Lipinski definition) is 3. The molecule has 3 atom stereocenters. The summed E-state index contributed by atoms with van der Waals surface area (Å²) in [6.45, 7) is 3.25. The van der Waals surface area contributed by atoms with Crippen LogP contribution in [0.4, 0.5) is 0 Å². The Morgan fingerprint density at radius 1 is 0.788 bits per heavy atom. The first-order chi connectivity index (χ1) is 16.0.